The number of H-pyrrole nitrogens is 1. The fourth-order valence-corrected chi connectivity index (χ4v) is 2.37. The van der Waals surface area contributed by atoms with Crippen molar-refractivity contribution in [1.82, 2.24) is 19.9 Å². The molecule has 0 aliphatic heterocycles. The Morgan fingerprint density at radius 2 is 2.18 bits per heavy atom. The molecule has 0 aliphatic rings. The van der Waals surface area contributed by atoms with Crippen molar-refractivity contribution in [2.45, 2.75) is 0 Å². The van der Waals surface area contributed by atoms with E-state index in [0.717, 1.165) is 4.47 Å². The Kier molecular flexibility index (Phi) is 4.12. The minimum atomic E-state index is 0.126. The van der Waals surface area contributed by atoms with Crippen molar-refractivity contribution in [3.8, 4) is 17.3 Å². The van der Waals surface area contributed by atoms with E-state index in [2.05, 4.69) is 36.2 Å². The molecule has 0 radical (unpaired) electrons. The summed E-state index contributed by atoms with van der Waals surface area (Å²) in [4.78, 5) is 4.23. The van der Waals surface area contributed by atoms with Gasteiger partial charge < -0.3 is 5.11 Å². The zero-order chi connectivity index (χ0) is 15.5. The average Bonchev–Trinajstić information content (AvgIpc) is 2.90. The van der Waals surface area contributed by atoms with Crippen LogP contribution < -0.4 is 0 Å². The fourth-order valence-electron chi connectivity index (χ4n) is 1.81. The number of phenols is 1. The Balaban J connectivity index is 2.03. The summed E-state index contributed by atoms with van der Waals surface area (Å²) >= 11 is 8.53. The second kappa shape index (κ2) is 6.20. The van der Waals surface area contributed by atoms with Crippen molar-refractivity contribution in [2.24, 2.45) is 5.10 Å². The zero-order valence-corrected chi connectivity index (χ0v) is 13.5. The Bertz CT molecular complexity index is 888. The monoisotopic (exact) mass is 375 g/mol. The highest BCUT2D eigenvalue weighted by Gasteiger charge is 2.09. The number of nitrogens with one attached hydrogen (secondary N) is 1. The summed E-state index contributed by atoms with van der Waals surface area (Å²) in [5.41, 5.74) is 1.20. The minimum absolute atomic E-state index is 0.126. The first-order chi connectivity index (χ1) is 10.6. The number of halogens is 1. The van der Waals surface area contributed by atoms with E-state index < -0.39 is 0 Å². The molecule has 110 valence electrons. The molecule has 0 amide bonds. The maximum absolute atomic E-state index is 9.84. The lowest BCUT2D eigenvalue weighted by molar-refractivity contribution is 0.474. The second-order valence-corrected chi connectivity index (χ2v) is 5.63. The predicted octanol–water partition coefficient (Wildman–Crippen LogP) is 3.35. The van der Waals surface area contributed by atoms with E-state index >= 15 is 0 Å². The van der Waals surface area contributed by atoms with Crippen LogP contribution in [0.3, 0.4) is 0 Å². The van der Waals surface area contributed by atoms with Gasteiger partial charge in [-0.05, 0) is 42.5 Å². The number of hydrogen-bond acceptors (Lipinski definition) is 5. The molecule has 0 saturated carbocycles. The van der Waals surface area contributed by atoms with Crippen molar-refractivity contribution < 1.29 is 5.11 Å². The third kappa shape index (κ3) is 2.97. The summed E-state index contributed by atoms with van der Waals surface area (Å²) < 4.78 is 2.64. The van der Waals surface area contributed by atoms with Gasteiger partial charge in [0.25, 0.3) is 0 Å². The first-order valence-electron chi connectivity index (χ1n) is 6.27. The van der Waals surface area contributed by atoms with E-state index in [-0.39, 0.29) is 5.75 Å². The summed E-state index contributed by atoms with van der Waals surface area (Å²) in [6.45, 7) is 0. The quantitative estimate of drug-likeness (QED) is 0.543. The van der Waals surface area contributed by atoms with Crippen LogP contribution >= 0.6 is 28.1 Å². The molecule has 8 heteroatoms. The number of aromatic nitrogens is 4. The molecule has 6 nitrogen and oxygen atoms in total. The van der Waals surface area contributed by atoms with Crippen LogP contribution in [0, 0.1) is 4.77 Å². The first-order valence-corrected chi connectivity index (χ1v) is 7.47. The SMILES string of the molecule is Oc1ccc(Br)cc1/C=N/n1c(-c2ccccn2)n[nH]c1=S. The zero-order valence-electron chi connectivity index (χ0n) is 11.1. The van der Waals surface area contributed by atoms with E-state index in [1.165, 1.54) is 10.9 Å². The van der Waals surface area contributed by atoms with Gasteiger partial charge in [-0.15, -0.1) is 0 Å². The Morgan fingerprint density at radius 1 is 1.32 bits per heavy atom. The van der Waals surface area contributed by atoms with Crippen molar-refractivity contribution >= 4 is 34.4 Å². The van der Waals surface area contributed by atoms with Gasteiger partial charge in [-0.1, -0.05) is 22.0 Å². The topological polar surface area (TPSA) is 79.1 Å². The summed E-state index contributed by atoms with van der Waals surface area (Å²) in [6.07, 6.45) is 3.18. The normalized spacial score (nSPS) is 11.1. The van der Waals surface area contributed by atoms with Crippen molar-refractivity contribution in [1.29, 1.82) is 0 Å². The summed E-state index contributed by atoms with van der Waals surface area (Å²) in [6, 6.07) is 10.6. The van der Waals surface area contributed by atoms with Gasteiger partial charge in [-0.25, -0.2) is 5.10 Å². The number of aromatic hydroxyl groups is 1. The van der Waals surface area contributed by atoms with Crippen molar-refractivity contribution in [3.63, 3.8) is 0 Å². The van der Waals surface area contributed by atoms with Crippen LogP contribution in [0.25, 0.3) is 11.5 Å². The van der Waals surface area contributed by atoms with Crippen LogP contribution in [-0.2, 0) is 0 Å². The maximum atomic E-state index is 9.84. The number of aromatic amines is 1. The van der Waals surface area contributed by atoms with E-state index in [4.69, 9.17) is 12.2 Å². The summed E-state index contributed by atoms with van der Waals surface area (Å²) in [5, 5.41) is 20.9. The highest BCUT2D eigenvalue weighted by molar-refractivity contribution is 9.10. The lowest BCUT2D eigenvalue weighted by atomic mass is 10.2. The highest BCUT2D eigenvalue weighted by Crippen LogP contribution is 2.20. The standard InChI is InChI=1S/C14H10BrN5OS/c15-10-4-5-12(21)9(7-10)8-17-20-13(18-19-14(20)22)11-3-1-2-6-16-11/h1-8,21H,(H,19,22)/b17-8+. The molecule has 0 aliphatic carbocycles. The van der Waals surface area contributed by atoms with Gasteiger partial charge in [0.15, 0.2) is 0 Å². The summed E-state index contributed by atoms with van der Waals surface area (Å²) in [7, 11) is 0. The van der Waals surface area contributed by atoms with Crippen LogP contribution in [0.2, 0.25) is 0 Å². The molecule has 2 heterocycles. The highest BCUT2D eigenvalue weighted by atomic mass is 79.9. The molecule has 1 aromatic carbocycles. The smallest absolute Gasteiger partial charge is 0.216 e. The molecule has 0 unspecified atom stereocenters. The first kappa shape index (κ1) is 14.6. The van der Waals surface area contributed by atoms with Crippen LogP contribution in [0.5, 0.6) is 5.75 Å². The van der Waals surface area contributed by atoms with E-state index in [1.54, 1.807) is 24.4 Å². The molecule has 0 spiro atoms. The number of benzene rings is 1. The molecule has 0 fully saturated rings. The number of nitrogens with zero attached hydrogens (tertiary/aromatic N) is 4. The molecular weight excluding hydrogens is 366 g/mol. The molecule has 0 bridgehead atoms. The van der Waals surface area contributed by atoms with Crippen LogP contribution in [0.1, 0.15) is 5.56 Å². The van der Waals surface area contributed by atoms with Gasteiger partial charge in [-0.2, -0.15) is 14.9 Å². The van der Waals surface area contributed by atoms with Gasteiger partial charge in [0.2, 0.25) is 10.6 Å². The second-order valence-electron chi connectivity index (χ2n) is 4.33. The van der Waals surface area contributed by atoms with Gasteiger partial charge in [-0.3, -0.25) is 4.98 Å². The van der Waals surface area contributed by atoms with Gasteiger partial charge >= 0.3 is 0 Å². The van der Waals surface area contributed by atoms with Gasteiger partial charge in [0.05, 0.1) is 6.21 Å². The summed E-state index contributed by atoms with van der Waals surface area (Å²) in [5.74, 6) is 0.623. The molecule has 22 heavy (non-hydrogen) atoms. The molecule has 0 atom stereocenters. The molecule has 2 aromatic heterocycles. The average molecular weight is 376 g/mol. The van der Waals surface area contributed by atoms with E-state index in [9.17, 15) is 5.11 Å². The van der Waals surface area contributed by atoms with Gasteiger partial charge in [0, 0.05) is 16.2 Å². The van der Waals surface area contributed by atoms with Gasteiger partial charge in [0.1, 0.15) is 11.4 Å². The van der Waals surface area contributed by atoms with Crippen LogP contribution in [0.15, 0.2) is 52.2 Å². The Labute approximate surface area is 139 Å². The molecule has 3 aromatic rings. The third-order valence-corrected chi connectivity index (χ3v) is 3.60. The molecule has 0 saturated heterocycles. The number of pyridine rings is 1. The number of rotatable bonds is 3. The maximum Gasteiger partial charge on any atom is 0.216 e. The van der Waals surface area contributed by atoms with E-state index in [0.29, 0.717) is 21.9 Å². The number of phenolic OH excluding ortho intramolecular Hbond substituents is 1. The molecule has 3 rings (SSSR count). The van der Waals surface area contributed by atoms with E-state index in [1.807, 2.05) is 18.2 Å². The third-order valence-electron chi connectivity index (χ3n) is 2.85. The molecule has 2 N–H and O–H groups in total. The van der Waals surface area contributed by atoms with Crippen molar-refractivity contribution in [3.05, 3.63) is 57.4 Å². The minimum Gasteiger partial charge on any atom is -0.507 e. The lowest BCUT2D eigenvalue weighted by Gasteiger charge is -2.01. The Hall–Kier alpha value is -2.32. The van der Waals surface area contributed by atoms with Crippen LogP contribution in [-0.4, -0.2) is 31.2 Å². The van der Waals surface area contributed by atoms with Crippen molar-refractivity contribution in [2.75, 3.05) is 0 Å². The lowest BCUT2D eigenvalue weighted by Crippen LogP contribution is -1.96. The number of hydrogen-bond donors (Lipinski definition) is 2. The predicted molar refractivity (Wildman–Crippen MR) is 89.4 cm³/mol. The largest absolute Gasteiger partial charge is 0.507 e. The fraction of sp³-hybridized carbons (Fsp3) is 0. The Morgan fingerprint density at radius 3 is 2.95 bits per heavy atom. The molecular formula is C14H10BrN5OS. The van der Waals surface area contributed by atoms with Crippen LogP contribution in [0.4, 0.5) is 0 Å².